The first-order valence-electron chi connectivity index (χ1n) is 5.79. The van der Waals surface area contributed by atoms with E-state index >= 15 is 0 Å². The van der Waals surface area contributed by atoms with Gasteiger partial charge in [-0.05, 0) is 36.2 Å². The second-order valence-electron chi connectivity index (χ2n) is 4.27. The van der Waals surface area contributed by atoms with E-state index in [-0.39, 0.29) is 6.61 Å². The van der Waals surface area contributed by atoms with E-state index in [4.69, 9.17) is 5.11 Å². The number of hydrogen-bond acceptors (Lipinski definition) is 2. The van der Waals surface area contributed by atoms with Crippen LogP contribution < -0.4 is 0 Å². The molecule has 19 heavy (non-hydrogen) atoms. The standard InChI is InChI=1S/C14H13F3OS/c1-9-8-13(19-12(9)6-7-18)10-2-4-11(5-3-10)14(15,16)17/h2-5,8,18H,6-7H2,1H3. The van der Waals surface area contributed by atoms with Gasteiger partial charge in [0.1, 0.15) is 0 Å². The Bertz CT molecular complexity index is 555. The summed E-state index contributed by atoms with van der Waals surface area (Å²) in [6, 6.07) is 7.10. The van der Waals surface area contributed by atoms with Crippen LogP contribution in [0.5, 0.6) is 0 Å². The zero-order chi connectivity index (χ0) is 14.0. The summed E-state index contributed by atoms with van der Waals surface area (Å²) in [5.74, 6) is 0. The van der Waals surface area contributed by atoms with Gasteiger partial charge in [0.15, 0.2) is 0 Å². The van der Waals surface area contributed by atoms with Crippen LogP contribution in [-0.4, -0.2) is 11.7 Å². The molecule has 1 N–H and O–H groups in total. The maximum Gasteiger partial charge on any atom is 0.416 e. The van der Waals surface area contributed by atoms with E-state index in [2.05, 4.69) is 0 Å². The molecule has 0 unspecified atom stereocenters. The fraction of sp³-hybridized carbons (Fsp3) is 0.286. The third-order valence-electron chi connectivity index (χ3n) is 2.86. The van der Waals surface area contributed by atoms with Crippen molar-refractivity contribution in [3.05, 3.63) is 46.3 Å². The van der Waals surface area contributed by atoms with E-state index in [1.54, 1.807) is 0 Å². The Kier molecular flexibility index (Phi) is 3.96. The van der Waals surface area contributed by atoms with E-state index in [1.807, 2.05) is 13.0 Å². The number of alkyl halides is 3. The molecule has 0 saturated carbocycles. The molecule has 0 aliphatic carbocycles. The van der Waals surface area contributed by atoms with E-state index in [9.17, 15) is 13.2 Å². The number of rotatable bonds is 3. The predicted molar refractivity (Wildman–Crippen MR) is 70.3 cm³/mol. The summed E-state index contributed by atoms with van der Waals surface area (Å²) >= 11 is 1.51. The van der Waals surface area contributed by atoms with Crippen LogP contribution >= 0.6 is 11.3 Å². The van der Waals surface area contributed by atoms with Crippen molar-refractivity contribution in [2.75, 3.05) is 6.61 Å². The molecule has 5 heteroatoms. The Morgan fingerprint density at radius 1 is 1.16 bits per heavy atom. The second kappa shape index (κ2) is 5.35. The predicted octanol–water partition coefficient (Wildman–Crippen LogP) is 4.28. The van der Waals surface area contributed by atoms with Gasteiger partial charge in [-0.25, -0.2) is 0 Å². The van der Waals surface area contributed by atoms with Gasteiger partial charge in [0, 0.05) is 22.8 Å². The molecule has 0 saturated heterocycles. The highest BCUT2D eigenvalue weighted by atomic mass is 32.1. The van der Waals surface area contributed by atoms with Crippen LogP contribution in [0.25, 0.3) is 10.4 Å². The summed E-state index contributed by atoms with van der Waals surface area (Å²) in [5, 5.41) is 8.93. The van der Waals surface area contributed by atoms with Crippen LogP contribution in [0.4, 0.5) is 13.2 Å². The molecule has 1 aromatic heterocycles. The van der Waals surface area contributed by atoms with Crippen LogP contribution in [0.15, 0.2) is 30.3 Å². The normalized spacial score (nSPS) is 11.8. The summed E-state index contributed by atoms with van der Waals surface area (Å²) in [4.78, 5) is 1.99. The molecule has 0 amide bonds. The van der Waals surface area contributed by atoms with Crippen molar-refractivity contribution in [3.8, 4) is 10.4 Å². The molecule has 1 aromatic carbocycles. The smallest absolute Gasteiger partial charge is 0.396 e. The lowest BCUT2D eigenvalue weighted by Gasteiger charge is -2.06. The van der Waals surface area contributed by atoms with E-state index in [0.717, 1.165) is 33.0 Å². The van der Waals surface area contributed by atoms with Gasteiger partial charge in [-0.2, -0.15) is 13.2 Å². The largest absolute Gasteiger partial charge is 0.416 e. The molecule has 0 radical (unpaired) electrons. The average molecular weight is 286 g/mol. The van der Waals surface area contributed by atoms with Crippen molar-refractivity contribution in [3.63, 3.8) is 0 Å². The zero-order valence-electron chi connectivity index (χ0n) is 10.3. The number of hydrogen-bond donors (Lipinski definition) is 1. The first-order valence-corrected chi connectivity index (χ1v) is 6.61. The topological polar surface area (TPSA) is 20.2 Å². The van der Waals surface area contributed by atoms with Crippen LogP contribution in [0.2, 0.25) is 0 Å². The molecule has 0 aliphatic rings. The fourth-order valence-electron chi connectivity index (χ4n) is 1.84. The van der Waals surface area contributed by atoms with Gasteiger partial charge < -0.3 is 5.11 Å². The lowest BCUT2D eigenvalue weighted by atomic mass is 10.1. The van der Waals surface area contributed by atoms with Crippen molar-refractivity contribution in [2.45, 2.75) is 19.5 Å². The Morgan fingerprint density at radius 2 is 1.79 bits per heavy atom. The second-order valence-corrected chi connectivity index (χ2v) is 5.40. The lowest BCUT2D eigenvalue weighted by Crippen LogP contribution is -2.03. The Balaban J connectivity index is 2.30. The highest BCUT2D eigenvalue weighted by molar-refractivity contribution is 7.15. The molecule has 2 aromatic rings. The molecule has 0 atom stereocenters. The quantitative estimate of drug-likeness (QED) is 0.893. The molecule has 1 nitrogen and oxygen atoms in total. The summed E-state index contributed by atoms with van der Waals surface area (Å²) in [5.41, 5.74) is 1.19. The number of thiophene rings is 1. The molecule has 0 bridgehead atoms. The number of aliphatic hydroxyl groups is 1. The van der Waals surface area contributed by atoms with E-state index < -0.39 is 11.7 Å². The minimum Gasteiger partial charge on any atom is -0.396 e. The molecular weight excluding hydrogens is 273 g/mol. The molecule has 102 valence electrons. The molecule has 2 rings (SSSR count). The SMILES string of the molecule is Cc1cc(-c2ccc(C(F)(F)F)cc2)sc1CCO. The Labute approximate surface area is 113 Å². The third kappa shape index (κ3) is 3.16. The van der Waals surface area contributed by atoms with Crippen LogP contribution in [0.1, 0.15) is 16.0 Å². The van der Waals surface area contributed by atoms with Crippen molar-refractivity contribution >= 4 is 11.3 Å². The van der Waals surface area contributed by atoms with Crippen molar-refractivity contribution < 1.29 is 18.3 Å². The van der Waals surface area contributed by atoms with Crippen molar-refractivity contribution in [1.29, 1.82) is 0 Å². The highest BCUT2D eigenvalue weighted by Gasteiger charge is 2.30. The summed E-state index contributed by atoms with van der Waals surface area (Å²) in [6.45, 7) is 2.02. The molecule has 0 spiro atoms. The van der Waals surface area contributed by atoms with Crippen LogP contribution in [-0.2, 0) is 12.6 Å². The van der Waals surface area contributed by atoms with Gasteiger partial charge >= 0.3 is 6.18 Å². The number of aryl methyl sites for hydroxylation is 1. The van der Waals surface area contributed by atoms with Gasteiger partial charge in [-0.15, -0.1) is 11.3 Å². The zero-order valence-corrected chi connectivity index (χ0v) is 11.1. The number of benzene rings is 1. The van der Waals surface area contributed by atoms with Crippen LogP contribution in [0.3, 0.4) is 0 Å². The lowest BCUT2D eigenvalue weighted by molar-refractivity contribution is -0.137. The highest BCUT2D eigenvalue weighted by Crippen LogP contribution is 2.34. The first kappa shape index (κ1) is 14.1. The molecular formula is C14H13F3OS. The summed E-state index contributed by atoms with van der Waals surface area (Å²) in [6.07, 6.45) is -3.72. The fourth-order valence-corrected chi connectivity index (χ4v) is 3.00. The number of aliphatic hydroxyl groups excluding tert-OH is 1. The monoisotopic (exact) mass is 286 g/mol. The molecule has 1 heterocycles. The van der Waals surface area contributed by atoms with E-state index in [0.29, 0.717) is 6.42 Å². The van der Waals surface area contributed by atoms with Gasteiger partial charge in [-0.1, -0.05) is 12.1 Å². The summed E-state index contributed by atoms with van der Waals surface area (Å²) < 4.78 is 37.4. The van der Waals surface area contributed by atoms with Gasteiger partial charge in [-0.3, -0.25) is 0 Å². The summed E-state index contributed by atoms with van der Waals surface area (Å²) in [7, 11) is 0. The minimum atomic E-state index is -4.30. The van der Waals surface area contributed by atoms with Gasteiger partial charge in [0.05, 0.1) is 5.56 Å². The maximum atomic E-state index is 12.5. The van der Waals surface area contributed by atoms with Crippen LogP contribution in [0, 0.1) is 6.92 Å². The van der Waals surface area contributed by atoms with Crippen molar-refractivity contribution in [2.24, 2.45) is 0 Å². The molecule has 0 fully saturated rings. The third-order valence-corrected chi connectivity index (χ3v) is 4.20. The Hall–Kier alpha value is -1.33. The van der Waals surface area contributed by atoms with Crippen molar-refractivity contribution in [1.82, 2.24) is 0 Å². The first-order chi connectivity index (χ1) is 8.91. The minimum absolute atomic E-state index is 0.0772. The maximum absolute atomic E-state index is 12.5. The molecule has 0 aliphatic heterocycles. The van der Waals surface area contributed by atoms with Gasteiger partial charge in [0.25, 0.3) is 0 Å². The van der Waals surface area contributed by atoms with Gasteiger partial charge in [0.2, 0.25) is 0 Å². The average Bonchev–Trinajstić information content (AvgIpc) is 2.71. The Morgan fingerprint density at radius 3 is 2.32 bits per heavy atom. The van der Waals surface area contributed by atoms with E-state index in [1.165, 1.54) is 23.5 Å². The number of halogens is 3.